The van der Waals surface area contributed by atoms with Gasteiger partial charge in [-0.1, -0.05) is 18.6 Å². The predicted octanol–water partition coefficient (Wildman–Crippen LogP) is 2.77. The van der Waals surface area contributed by atoms with Gasteiger partial charge in [0.1, 0.15) is 5.60 Å². The van der Waals surface area contributed by atoms with Gasteiger partial charge in [-0.3, -0.25) is 0 Å². The maximum absolute atomic E-state index is 11.9. The number of methoxy groups -OCH3 is 2. The van der Waals surface area contributed by atoms with Crippen LogP contribution in [0.25, 0.3) is 0 Å². The van der Waals surface area contributed by atoms with E-state index in [1.54, 1.807) is 13.3 Å². The molecule has 3 aliphatic rings. The number of aliphatic hydroxyl groups is 1. The van der Waals surface area contributed by atoms with Gasteiger partial charge in [0.25, 0.3) is 0 Å². The first-order chi connectivity index (χ1) is 13.1. The molecule has 0 aromatic carbocycles. The van der Waals surface area contributed by atoms with Gasteiger partial charge in [0.2, 0.25) is 5.88 Å². The topological polar surface area (TPSA) is 67.7 Å². The van der Waals surface area contributed by atoms with Crippen LogP contribution < -0.4 is 9.47 Å². The Labute approximate surface area is 161 Å². The van der Waals surface area contributed by atoms with Gasteiger partial charge in [-0.15, -0.1) is 0 Å². The summed E-state index contributed by atoms with van der Waals surface area (Å²) < 4.78 is 10.6. The maximum atomic E-state index is 11.9. The van der Waals surface area contributed by atoms with Gasteiger partial charge >= 0.3 is 6.01 Å². The molecule has 2 heterocycles. The Hall–Kier alpha value is -1.66. The van der Waals surface area contributed by atoms with E-state index in [-0.39, 0.29) is 17.8 Å². The monoisotopic (exact) mass is 373 g/mol. The van der Waals surface area contributed by atoms with Crippen LogP contribution in [0.1, 0.15) is 44.1 Å². The number of hydrogen-bond acceptors (Lipinski definition) is 6. The second-order valence-corrected chi connectivity index (χ2v) is 8.30. The van der Waals surface area contributed by atoms with E-state index in [4.69, 9.17) is 9.47 Å². The van der Waals surface area contributed by atoms with Gasteiger partial charge in [0.15, 0.2) is 0 Å². The molecular formula is C21H31N3O3. The van der Waals surface area contributed by atoms with Crippen LogP contribution in [0.3, 0.4) is 0 Å². The summed E-state index contributed by atoms with van der Waals surface area (Å²) >= 11 is 0. The van der Waals surface area contributed by atoms with Gasteiger partial charge in [-0.05, 0) is 38.0 Å². The van der Waals surface area contributed by atoms with Crippen LogP contribution in [-0.2, 0) is 5.60 Å². The third-order valence-corrected chi connectivity index (χ3v) is 6.74. The molecule has 148 valence electrons. The summed E-state index contributed by atoms with van der Waals surface area (Å²) in [7, 11) is 3.13. The summed E-state index contributed by atoms with van der Waals surface area (Å²) in [5.74, 6) is 1.57. The Balaban J connectivity index is 1.58. The molecule has 1 saturated carbocycles. The molecule has 1 aliphatic heterocycles. The fraction of sp³-hybridized carbons (Fsp3) is 0.714. The molecule has 1 saturated heterocycles. The van der Waals surface area contributed by atoms with Crippen molar-refractivity contribution in [3.63, 3.8) is 0 Å². The van der Waals surface area contributed by atoms with Crippen LogP contribution in [0.4, 0.5) is 0 Å². The fourth-order valence-electron chi connectivity index (χ4n) is 5.40. The zero-order valence-corrected chi connectivity index (χ0v) is 16.4. The first kappa shape index (κ1) is 18.7. The van der Waals surface area contributed by atoms with Crippen LogP contribution in [0, 0.1) is 17.8 Å². The summed E-state index contributed by atoms with van der Waals surface area (Å²) in [4.78, 5) is 11.2. The van der Waals surface area contributed by atoms with E-state index in [2.05, 4.69) is 27.0 Å². The first-order valence-corrected chi connectivity index (χ1v) is 10.2. The molecule has 6 heteroatoms. The molecule has 0 amide bonds. The first-order valence-electron chi connectivity index (χ1n) is 10.2. The third kappa shape index (κ3) is 3.45. The molecule has 2 aliphatic carbocycles. The van der Waals surface area contributed by atoms with Gasteiger partial charge < -0.3 is 19.5 Å². The van der Waals surface area contributed by atoms with Crippen molar-refractivity contribution in [1.82, 2.24) is 14.9 Å². The van der Waals surface area contributed by atoms with Gasteiger partial charge in [-0.25, -0.2) is 4.98 Å². The minimum Gasteiger partial charge on any atom is -0.481 e. The minimum atomic E-state index is -0.918. The smallest absolute Gasteiger partial charge is 0.319 e. The molecule has 27 heavy (non-hydrogen) atoms. The molecule has 2 bridgehead atoms. The number of fused-ring (bicyclic) bond motifs is 2. The molecule has 1 N–H and O–H groups in total. The van der Waals surface area contributed by atoms with E-state index in [0.29, 0.717) is 5.88 Å². The van der Waals surface area contributed by atoms with Crippen molar-refractivity contribution >= 4 is 0 Å². The van der Waals surface area contributed by atoms with E-state index in [1.807, 2.05) is 0 Å². The summed E-state index contributed by atoms with van der Waals surface area (Å²) in [5.41, 5.74) is -0.195. The Morgan fingerprint density at radius 1 is 1.15 bits per heavy atom. The van der Waals surface area contributed by atoms with E-state index in [0.717, 1.165) is 44.0 Å². The van der Waals surface area contributed by atoms with Crippen molar-refractivity contribution in [3.8, 4) is 11.9 Å². The standard InChI is InChI=1S/C21H31N3O3/c1-26-19-18(11-22-20(23-19)27-2)21(25)16-9-6-10-17(21)14-24(13-16)12-15-7-4-3-5-8-15/h3-4,11,15-17,25H,5-10,12-14H2,1-2H3/t15-,16+,17+/m1/s1. The number of aromatic nitrogens is 2. The highest BCUT2D eigenvalue weighted by atomic mass is 16.5. The second-order valence-electron chi connectivity index (χ2n) is 8.30. The van der Waals surface area contributed by atoms with E-state index in [1.165, 1.54) is 32.8 Å². The molecule has 1 aromatic heterocycles. The quantitative estimate of drug-likeness (QED) is 0.801. The SMILES string of the molecule is COc1ncc(C2(O)[C@H]3CCC[C@H]2CN(C[C@@H]2CC=CCC2)C3)c(OC)n1. The Bertz CT molecular complexity index is 679. The van der Waals surface area contributed by atoms with Crippen molar-refractivity contribution in [2.45, 2.75) is 44.1 Å². The van der Waals surface area contributed by atoms with Crippen LogP contribution in [0.5, 0.6) is 11.9 Å². The fourth-order valence-corrected chi connectivity index (χ4v) is 5.40. The minimum absolute atomic E-state index is 0.190. The van der Waals surface area contributed by atoms with Gasteiger partial charge in [0.05, 0.1) is 19.8 Å². The van der Waals surface area contributed by atoms with Gasteiger partial charge in [0, 0.05) is 37.7 Å². The van der Waals surface area contributed by atoms with Crippen molar-refractivity contribution in [2.75, 3.05) is 33.9 Å². The molecule has 3 atom stereocenters. The van der Waals surface area contributed by atoms with Crippen molar-refractivity contribution < 1.29 is 14.6 Å². The number of nitrogens with zero attached hydrogens (tertiary/aromatic N) is 3. The molecule has 2 fully saturated rings. The lowest BCUT2D eigenvalue weighted by atomic mass is 9.63. The molecule has 0 unspecified atom stereocenters. The molecule has 0 spiro atoms. The zero-order valence-electron chi connectivity index (χ0n) is 16.4. The molecule has 1 aromatic rings. The highest BCUT2D eigenvalue weighted by molar-refractivity contribution is 5.34. The average Bonchev–Trinajstić information content (AvgIpc) is 2.69. The Morgan fingerprint density at radius 3 is 2.56 bits per heavy atom. The van der Waals surface area contributed by atoms with Crippen LogP contribution >= 0.6 is 0 Å². The van der Waals surface area contributed by atoms with Crippen molar-refractivity contribution in [1.29, 1.82) is 0 Å². The van der Waals surface area contributed by atoms with Gasteiger partial charge in [-0.2, -0.15) is 4.98 Å². The largest absolute Gasteiger partial charge is 0.481 e. The van der Waals surface area contributed by atoms with E-state index < -0.39 is 5.60 Å². The summed E-state index contributed by atoms with van der Waals surface area (Å²) in [6.07, 6.45) is 13.3. The Kier molecular flexibility index (Phi) is 5.37. The van der Waals surface area contributed by atoms with Crippen LogP contribution in [0.2, 0.25) is 0 Å². The van der Waals surface area contributed by atoms with Crippen molar-refractivity contribution in [2.24, 2.45) is 17.8 Å². The number of ether oxygens (including phenoxy) is 2. The lowest BCUT2D eigenvalue weighted by molar-refractivity contribution is -0.150. The number of likely N-dealkylation sites (tertiary alicyclic amines) is 1. The number of rotatable bonds is 5. The summed E-state index contributed by atoms with van der Waals surface area (Å²) in [6, 6.07) is 0.271. The molecule has 0 radical (unpaired) electrons. The summed E-state index contributed by atoms with van der Waals surface area (Å²) in [5, 5.41) is 11.9. The predicted molar refractivity (Wildman–Crippen MR) is 103 cm³/mol. The zero-order chi connectivity index (χ0) is 18.9. The molecular weight excluding hydrogens is 342 g/mol. The normalized spacial score (nSPS) is 33.7. The molecule has 6 nitrogen and oxygen atoms in total. The highest BCUT2D eigenvalue weighted by Gasteiger charge is 2.53. The van der Waals surface area contributed by atoms with E-state index in [9.17, 15) is 5.11 Å². The third-order valence-electron chi connectivity index (χ3n) is 6.74. The Morgan fingerprint density at radius 2 is 1.93 bits per heavy atom. The number of allylic oxidation sites excluding steroid dienone is 2. The lowest BCUT2D eigenvalue weighted by Crippen LogP contribution is -2.58. The summed E-state index contributed by atoms with van der Waals surface area (Å²) in [6.45, 7) is 3.01. The second kappa shape index (κ2) is 7.76. The lowest BCUT2D eigenvalue weighted by Gasteiger charge is -2.53. The maximum Gasteiger partial charge on any atom is 0.319 e. The number of piperidine rings is 1. The van der Waals surface area contributed by atoms with E-state index >= 15 is 0 Å². The van der Waals surface area contributed by atoms with Crippen molar-refractivity contribution in [3.05, 3.63) is 23.9 Å². The van der Waals surface area contributed by atoms with Crippen LogP contribution in [-0.4, -0.2) is 53.8 Å². The average molecular weight is 373 g/mol. The highest BCUT2D eigenvalue weighted by Crippen LogP contribution is 2.51. The molecule has 4 rings (SSSR count). The van der Waals surface area contributed by atoms with Crippen LogP contribution in [0.15, 0.2) is 18.3 Å². The number of hydrogen-bond donors (Lipinski definition) is 1.